The van der Waals surface area contributed by atoms with Crippen LogP contribution in [0.3, 0.4) is 0 Å². The zero-order valence-electron chi connectivity index (χ0n) is 27.5. The van der Waals surface area contributed by atoms with Crippen molar-refractivity contribution >= 4 is 35.1 Å². The molecule has 0 aliphatic heterocycles. The number of hydrogen-bond donors (Lipinski definition) is 0. The summed E-state index contributed by atoms with van der Waals surface area (Å²) < 4.78 is 17.9. The zero-order chi connectivity index (χ0) is 31.3. The second kappa shape index (κ2) is 12.2. The highest BCUT2D eigenvalue weighted by molar-refractivity contribution is 6.26. The maximum atomic E-state index is 12.8. The van der Waals surface area contributed by atoms with Crippen molar-refractivity contribution in [1.29, 1.82) is 0 Å². The molecule has 4 fully saturated rings. The van der Waals surface area contributed by atoms with Crippen molar-refractivity contribution in [3.63, 3.8) is 0 Å². The number of alkyl halides is 2. The van der Waals surface area contributed by atoms with Crippen molar-refractivity contribution in [2.75, 3.05) is 18.9 Å². The van der Waals surface area contributed by atoms with Crippen LogP contribution >= 0.6 is 23.2 Å². The van der Waals surface area contributed by atoms with Crippen LogP contribution in [0.15, 0.2) is 12.2 Å². The third-order valence-corrected chi connectivity index (χ3v) is 13.9. The summed E-state index contributed by atoms with van der Waals surface area (Å²) in [5.41, 5.74) is 1.16. The molecule has 0 unspecified atom stereocenters. The molecule has 4 saturated carbocycles. The molecule has 0 spiro atoms. The highest BCUT2D eigenvalue weighted by Gasteiger charge is 2.71. The van der Waals surface area contributed by atoms with Crippen LogP contribution in [0.2, 0.25) is 0 Å². The first-order chi connectivity index (χ1) is 19.5. The number of methoxy groups -OCH3 is 1. The van der Waals surface area contributed by atoms with E-state index in [1.165, 1.54) is 5.57 Å². The van der Waals surface area contributed by atoms with Crippen LogP contribution in [0.4, 0.5) is 0 Å². The number of carbonyl (C=O) groups is 2. The molecule has 4 aliphatic rings. The van der Waals surface area contributed by atoms with Gasteiger partial charge < -0.3 is 14.2 Å². The van der Waals surface area contributed by atoms with E-state index in [1.54, 1.807) is 7.11 Å². The van der Waals surface area contributed by atoms with E-state index in [-0.39, 0.29) is 69.1 Å². The summed E-state index contributed by atoms with van der Waals surface area (Å²) in [6.45, 7) is 21.0. The van der Waals surface area contributed by atoms with E-state index >= 15 is 0 Å². The zero-order valence-corrected chi connectivity index (χ0v) is 29.0. The second-order valence-electron chi connectivity index (χ2n) is 16.0. The second-order valence-corrected chi connectivity index (χ2v) is 16.5. The van der Waals surface area contributed by atoms with E-state index in [9.17, 15) is 9.59 Å². The Kier molecular flexibility index (Phi) is 9.90. The van der Waals surface area contributed by atoms with Gasteiger partial charge in [-0.05, 0) is 112 Å². The molecule has 9 atom stereocenters. The van der Waals surface area contributed by atoms with Crippen molar-refractivity contribution in [2.24, 2.45) is 45.3 Å². The maximum Gasteiger partial charge on any atom is 0.321 e. The van der Waals surface area contributed by atoms with Gasteiger partial charge in [-0.25, -0.2) is 0 Å². The molecule has 0 bridgehead atoms. The van der Waals surface area contributed by atoms with Gasteiger partial charge in [0.2, 0.25) is 0 Å². The van der Waals surface area contributed by atoms with Gasteiger partial charge in [0.25, 0.3) is 0 Å². The summed E-state index contributed by atoms with van der Waals surface area (Å²) in [5.74, 6) is 0.465. The van der Waals surface area contributed by atoms with Crippen molar-refractivity contribution in [3.05, 3.63) is 12.2 Å². The van der Waals surface area contributed by atoms with Crippen LogP contribution in [0.1, 0.15) is 113 Å². The van der Waals surface area contributed by atoms with Gasteiger partial charge in [-0.3, -0.25) is 9.59 Å². The molecule has 0 N–H and O–H groups in total. The van der Waals surface area contributed by atoms with Gasteiger partial charge >= 0.3 is 11.9 Å². The lowest BCUT2D eigenvalue weighted by Crippen LogP contribution is -2.66. The van der Waals surface area contributed by atoms with Crippen LogP contribution in [0.25, 0.3) is 0 Å². The highest BCUT2D eigenvalue weighted by Crippen LogP contribution is 2.76. The number of ether oxygens (including phenoxy) is 3. The third-order valence-electron chi connectivity index (χ3n) is 13.4. The predicted octanol–water partition coefficient (Wildman–Crippen LogP) is 8.73. The molecule has 0 radical (unpaired) electrons. The molecule has 5 nitrogen and oxygen atoms in total. The van der Waals surface area contributed by atoms with Crippen molar-refractivity contribution in [2.45, 2.75) is 130 Å². The lowest BCUT2D eigenvalue weighted by Gasteiger charge is -2.70. The molecule has 240 valence electrons. The van der Waals surface area contributed by atoms with Crippen molar-refractivity contribution < 1.29 is 23.8 Å². The molecular weight excluding hydrogens is 571 g/mol. The Balaban J connectivity index is 1.65. The van der Waals surface area contributed by atoms with E-state index < -0.39 is 0 Å². The summed E-state index contributed by atoms with van der Waals surface area (Å²) in [7, 11) is 1.78. The minimum absolute atomic E-state index is 0.0205. The fourth-order valence-electron chi connectivity index (χ4n) is 10.9. The average Bonchev–Trinajstić information content (AvgIpc) is 3.30. The van der Waals surface area contributed by atoms with Gasteiger partial charge in [0.15, 0.2) is 0 Å². The van der Waals surface area contributed by atoms with Crippen LogP contribution < -0.4 is 0 Å². The summed E-state index contributed by atoms with van der Waals surface area (Å²) >= 11 is 11.9. The Morgan fingerprint density at radius 2 is 1.50 bits per heavy atom. The third kappa shape index (κ3) is 5.70. The number of esters is 2. The molecular formula is C35H56Cl2O5. The Morgan fingerprint density at radius 1 is 0.881 bits per heavy atom. The summed E-state index contributed by atoms with van der Waals surface area (Å²) in [4.78, 5) is 25.0. The van der Waals surface area contributed by atoms with E-state index in [4.69, 9.17) is 37.4 Å². The minimum atomic E-state index is -0.330. The molecule has 7 heteroatoms. The van der Waals surface area contributed by atoms with Crippen molar-refractivity contribution in [3.8, 4) is 0 Å². The first-order valence-corrected chi connectivity index (χ1v) is 17.3. The summed E-state index contributed by atoms with van der Waals surface area (Å²) in [5, 5.41) is 0. The van der Waals surface area contributed by atoms with Crippen LogP contribution in [0, 0.1) is 45.3 Å². The SMILES string of the molecule is C=C(CCCC(C)(C)OC)[C@H]1CC[C@]2(C)[C@@H]1[C@H](OC(=O)CCl)C[C@@H]1[C@@]3(C)CC[C@H](OC(=O)CCl)C(C)(C)[C@@H]3CC[C@]12C. The predicted molar refractivity (Wildman–Crippen MR) is 170 cm³/mol. The maximum absolute atomic E-state index is 12.8. The molecule has 0 saturated heterocycles. The number of rotatable bonds is 10. The number of fused-ring (bicyclic) bond motifs is 5. The van der Waals surface area contributed by atoms with Gasteiger partial charge in [0, 0.05) is 18.4 Å². The standard InChI is InChI=1S/C35H56Cl2O5/c1-22(11-10-15-31(2,3)40-9)23-12-17-35(8)30(23)24(41-28(38)20-36)19-26-33(6)16-14-27(42-29(39)21-37)32(4,5)25(33)13-18-34(26,35)7/h23-27,30H,1,10-21H2,2-9H3/t23-,24-,25+,26-,27+,30+,33+,34-,35-/m1/s1. The number of halogens is 2. The van der Waals surface area contributed by atoms with Gasteiger partial charge in [-0.15, -0.1) is 23.2 Å². The smallest absolute Gasteiger partial charge is 0.321 e. The Bertz CT molecular complexity index is 1040. The topological polar surface area (TPSA) is 61.8 Å². The fourth-order valence-corrected chi connectivity index (χ4v) is 11.0. The average molecular weight is 628 g/mol. The number of hydrogen-bond acceptors (Lipinski definition) is 5. The Morgan fingerprint density at radius 3 is 2.12 bits per heavy atom. The molecule has 0 aromatic carbocycles. The number of allylic oxidation sites excluding steroid dienone is 1. The summed E-state index contributed by atoms with van der Waals surface area (Å²) in [6.07, 6.45) is 9.80. The lowest BCUT2D eigenvalue weighted by molar-refractivity contribution is -0.246. The van der Waals surface area contributed by atoms with E-state index in [2.05, 4.69) is 55.0 Å². The number of carbonyl (C=O) groups excluding carboxylic acids is 2. The Labute approximate surface area is 265 Å². The van der Waals surface area contributed by atoms with Gasteiger partial charge in [-0.2, -0.15) is 0 Å². The van der Waals surface area contributed by atoms with Crippen LogP contribution in [-0.2, 0) is 23.8 Å². The molecule has 4 aliphatic carbocycles. The van der Waals surface area contributed by atoms with Crippen LogP contribution in [-0.4, -0.2) is 48.6 Å². The summed E-state index contributed by atoms with van der Waals surface area (Å²) in [6, 6.07) is 0. The highest BCUT2D eigenvalue weighted by atomic mass is 35.5. The van der Waals surface area contributed by atoms with E-state index in [0.717, 1.165) is 64.2 Å². The normalized spacial score (nSPS) is 40.8. The molecule has 0 heterocycles. The van der Waals surface area contributed by atoms with E-state index in [1.807, 2.05) is 0 Å². The monoisotopic (exact) mass is 626 g/mol. The largest absolute Gasteiger partial charge is 0.461 e. The van der Waals surface area contributed by atoms with E-state index in [0.29, 0.717) is 17.8 Å². The Hall–Kier alpha value is -0.780. The minimum Gasteiger partial charge on any atom is -0.461 e. The van der Waals surface area contributed by atoms with Crippen LogP contribution in [0.5, 0.6) is 0 Å². The molecule has 4 rings (SSSR count). The first kappa shape index (κ1) is 34.1. The molecule has 42 heavy (non-hydrogen) atoms. The first-order valence-electron chi connectivity index (χ1n) is 16.2. The van der Waals surface area contributed by atoms with Gasteiger partial charge in [0.1, 0.15) is 24.0 Å². The molecule has 0 amide bonds. The lowest BCUT2D eigenvalue weighted by atomic mass is 9.35. The van der Waals surface area contributed by atoms with Gasteiger partial charge in [0.05, 0.1) is 5.60 Å². The molecule has 0 aromatic rings. The fraction of sp³-hybridized carbons (Fsp3) is 0.886. The van der Waals surface area contributed by atoms with Gasteiger partial charge in [-0.1, -0.05) is 46.8 Å². The van der Waals surface area contributed by atoms with Crippen molar-refractivity contribution in [1.82, 2.24) is 0 Å². The molecule has 0 aromatic heterocycles. The quantitative estimate of drug-likeness (QED) is 0.138.